The molecular formula is C17H22N4O4. The van der Waals surface area contributed by atoms with Gasteiger partial charge in [-0.2, -0.15) is 0 Å². The Hall–Kier alpha value is -2.61. The fourth-order valence-corrected chi connectivity index (χ4v) is 2.89. The molecule has 1 aliphatic rings. The smallest absolute Gasteiger partial charge is 0.287 e. The fourth-order valence-electron chi connectivity index (χ4n) is 2.89. The van der Waals surface area contributed by atoms with Crippen LogP contribution in [0.25, 0.3) is 0 Å². The van der Waals surface area contributed by atoms with Crippen LogP contribution in [0.2, 0.25) is 0 Å². The summed E-state index contributed by atoms with van der Waals surface area (Å²) >= 11 is 0. The Balaban J connectivity index is 1.42. The van der Waals surface area contributed by atoms with Crippen molar-refractivity contribution in [3.63, 3.8) is 0 Å². The number of nitrogens with one attached hydrogen (secondary N) is 2. The van der Waals surface area contributed by atoms with Gasteiger partial charge in [-0.15, -0.1) is 0 Å². The molecule has 0 saturated carbocycles. The van der Waals surface area contributed by atoms with Gasteiger partial charge in [-0.3, -0.25) is 19.8 Å². The SMILES string of the molecule is Cc1cc(NC(=O)CN2CCC(NC(=O)c3occc3C)CC2)on1. The molecule has 3 rings (SSSR count). The largest absolute Gasteiger partial charge is 0.459 e. The molecule has 0 spiro atoms. The average molecular weight is 346 g/mol. The molecular weight excluding hydrogens is 324 g/mol. The lowest BCUT2D eigenvalue weighted by molar-refractivity contribution is -0.117. The second kappa shape index (κ2) is 7.52. The number of piperidine rings is 1. The molecule has 1 aliphatic heterocycles. The number of aromatic nitrogens is 1. The molecule has 0 atom stereocenters. The summed E-state index contributed by atoms with van der Waals surface area (Å²) in [6.07, 6.45) is 3.10. The molecule has 0 aliphatic carbocycles. The van der Waals surface area contributed by atoms with E-state index in [2.05, 4.69) is 20.7 Å². The number of nitrogens with zero attached hydrogens (tertiary/aromatic N) is 2. The summed E-state index contributed by atoms with van der Waals surface area (Å²) in [5.74, 6) is 0.409. The molecule has 0 radical (unpaired) electrons. The summed E-state index contributed by atoms with van der Waals surface area (Å²) in [6.45, 7) is 5.41. The van der Waals surface area contributed by atoms with E-state index in [1.165, 1.54) is 6.26 Å². The first kappa shape index (κ1) is 17.2. The predicted octanol–water partition coefficient (Wildman–Crippen LogP) is 1.72. The summed E-state index contributed by atoms with van der Waals surface area (Å²) < 4.78 is 10.2. The van der Waals surface area contributed by atoms with Crippen LogP contribution in [0.4, 0.5) is 5.88 Å². The van der Waals surface area contributed by atoms with E-state index in [0.29, 0.717) is 11.6 Å². The monoisotopic (exact) mass is 346 g/mol. The quantitative estimate of drug-likeness (QED) is 0.855. The summed E-state index contributed by atoms with van der Waals surface area (Å²) in [4.78, 5) is 26.2. The van der Waals surface area contributed by atoms with Gasteiger partial charge in [-0.25, -0.2) is 0 Å². The van der Waals surface area contributed by atoms with Crippen LogP contribution in [0, 0.1) is 13.8 Å². The lowest BCUT2D eigenvalue weighted by Gasteiger charge is -2.31. The third-order valence-corrected chi connectivity index (χ3v) is 4.25. The first-order valence-electron chi connectivity index (χ1n) is 8.32. The van der Waals surface area contributed by atoms with Gasteiger partial charge in [-0.05, 0) is 32.8 Å². The average Bonchev–Trinajstić information content (AvgIpc) is 3.17. The summed E-state index contributed by atoms with van der Waals surface area (Å²) in [5, 5.41) is 9.41. The molecule has 2 aromatic rings. The number of amides is 2. The van der Waals surface area contributed by atoms with E-state index >= 15 is 0 Å². The molecule has 0 bridgehead atoms. The highest BCUT2D eigenvalue weighted by Crippen LogP contribution is 2.14. The highest BCUT2D eigenvalue weighted by molar-refractivity contribution is 5.93. The minimum Gasteiger partial charge on any atom is -0.459 e. The van der Waals surface area contributed by atoms with Crippen molar-refractivity contribution < 1.29 is 18.5 Å². The predicted molar refractivity (Wildman–Crippen MR) is 90.2 cm³/mol. The van der Waals surface area contributed by atoms with Crippen LogP contribution in [0.1, 0.15) is 34.7 Å². The van der Waals surface area contributed by atoms with Crippen LogP contribution in [0.5, 0.6) is 0 Å². The fraction of sp³-hybridized carbons (Fsp3) is 0.471. The Morgan fingerprint density at radius 1 is 1.32 bits per heavy atom. The minimum absolute atomic E-state index is 0.0910. The molecule has 1 fully saturated rings. The van der Waals surface area contributed by atoms with Gasteiger partial charge in [0, 0.05) is 30.8 Å². The lowest BCUT2D eigenvalue weighted by atomic mass is 10.0. The maximum absolute atomic E-state index is 12.2. The van der Waals surface area contributed by atoms with Crippen LogP contribution in [0.3, 0.4) is 0 Å². The highest BCUT2D eigenvalue weighted by atomic mass is 16.5. The lowest BCUT2D eigenvalue weighted by Crippen LogP contribution is -2.46. The van der Waals surface area contributed by atoms with Gasteiger partial charge in [0.25, 0.3) is 5.91 Å². The van der Waals surface area contributed by atoms with E-state index in [9.17, 15) is 9.59 Å². The standard InChI is InChI=1S/C17H22N4O4/c1-11-5-8-24-16(11)17(23)18-13-3-6-21(7-4-13)10-14(22)19-15-9-12(2)20-25-15/h5,8-9,13H,3-4,6-7,10H2,1-2H3,(H,18,23)(H,19,22). The molecule has 1 saturated heterocycles. The molecule has 134 valence electrons. The summed E-state index contributed by atoms with van der Waals surface area (Å²) in [7, 11) is 0. The normalized spacial score (nSPS) is 15.9. The number of furan rings is 1. The molecule has 2 amide bonds. The van der Waals surface area contributed by atoms with Gasteiger partial charge in [0.15, 0.2) is 5.76 Å². The van der Waals surface area contributed by atoms with Crippen molar-refractivity contribution >= 4 is 17.7 Å². The maximum atomic E-state index is 12.2. The molecule has 2 N–H and O–H groups in total. The Morgan fingerprint density at radius 3 is 2.68 bits per heavy atom. The van der Waals surface area contributed by atoms with Crippen molar-refractivity contribution in [1.82, 2.24) is 15.4 Å². The van der Waals surface area contributed by atoms with E-state index in [4.69, 9.17) is 8.94 Å². The number of carbonyl (C=O) groups excluding carboxylic acids is 2. The summed E-state index contributed by atoms with van der Waals surface area (Å²) in [6, 6.07) is 3.54. The van der Waals surface area contributed by atoms with Crippen LogP contribution in [-0.4, -0.2) is 47.5 Å². The molecule has 8 heteroatoms. The number of carbonyl (C=O) groups is 2. The van der Waals surface area contributed by atoms with Crippen molar-refractivity contribution in [2.45, 2.75) is 32.7 Å². The van der Waals surface area contributed by atoms with Gasteiger partial charge in [0.2, 0.25) is 11.8 Å². The van der Waals surface area contributed by atoms with Crippen LogP contribution in [0.15, 0.2) is 27.3 Å². The number of likely N-dealkylation sites (tertiary alicyclic amines) is 1. The number of anilines is 1. The molecule has 2 aromatic heterocycles. The molecule has 3 heterocycles. The summed E-state index contributed by atoms with van der Waals surface area (Å²) in [5.41, 5.74) is 1.55. The minimum atomic E-state index is -0.181. The van der Waals surface area contributed by atoms with Gasteiger partial charge in [0.05, 0.1) is 18.5 Å². The zero-order chi connectivity index (χ0) is 17.8. The highest BCUT2D eigenvalue weighted by Gasteiger charge is 2.24. The van der Waals surface area contributed by atoms with Gasteiger partial charge in [0.1, 0.15) is 0 Å². The first-order valence-corrected chi connectivity index (χ1v) is 8.32. The zero-order valence-corrected chi connectivity index (χ0v) is 14.4. The van der Waals surface area contributed by atoms with E-state index in [0.717, 1.165) is 37.2 Å². The van der Waals surface area contributed by atoms with Crippen LogP contribution in [-0.2, 0) is 4.79 Å². The molecule has 25 heavy (non-hydrogen) atoms. The van der Waals surface area contributed by atoms with E-state index < -0.39 is 0 Å². The number of aryl methyl sites for hydroxylation is 2. The van der Waals surface area contributed by atoms with Gasteiger partial charge in [-0.1, -0.05) is 5.16 Å². The third-order valence-electron chi connectivity index (χ3n) is 4.25. The maximum Gasteiger partial charge on any atom is 0.287 e. The third kappa shape index (κ3) is 4.48. The second-order valence-corrected chi connectivity index (χ2v) is 6.34. The van der Waals surface area contributed by atoms with Crippen LogP contribution < -0.4 is 10.6 Å². The van der Waals surface area contributed by atoms with Crippen molar-refractivity contribution in [1.29, 1.82) is 0 Å². The van der Waals surface area contributed by atoms with E-state index in [1.807, 2.05) is 6.92 Å². The van der Waals surface area contributed by atoms with E-state index in [1.54, 1.807) is 19.1 Å². The van der Waals surface area contributed by atoms with Gasteiger partial charge >= 0.3 is 0 Å². The number of rotatable bonds is 5. The molecule has 8 nitrogen and oxygen atoms in total. The Labute approximate surface area is 145 Å². The Morgan fingerprint density at radius 2 is 2.08 bits per heavy atom. The molecule has 0 aromatic carbocycles. The number of hydrogen-bond donors (Lipinski definition) is 2. The Bertz CT molecular complexity index is 743. The number of hydrogen-bond acceptors (Lipinski definition) is 6. The second-order valence-electron chi connectivity index (χ2n) is 6.34. The molecule has 0 unspecified atom stereocenters. The topological polar surface area (TPSA) is 101 Å². The van der Waals surface area contributed by atoms with Crippen molar-refractivity contribution in [2.75, 3.05) is 25.0 Å². The first-order chi connectivity index (χ1) is 12.0. The van der Waals surface area contributed by atoms with Crippen LogP contribution >= 0.6 is 0 Å². The van der Waals surface area contributed by atoms with Crippen molar-refractivity contribution in [3.05, 3.63) is 35.4 Å². The van der Waals surface area contributed by atoms with Gasteiger partial charge < -0.3 is 14.3 Å². The Kier molecular flexibility index (Phi) is 5.18. The van der Waals surface area contributed by atoms with Crippen molar-refractivity contribution in [3.8, 4) is 0 Å². The van der Waals surface area contributed by atoms with Crippen molar-refractivity contribution in [2.24, 2.45) is 0 Å². The van der Waals surface area contributed by atoms with E-state index in [-0.39, 0.29) is 24.4 Å². The zero-order valence-electron chi connectivity index (χ0n) is 14.4.